The van der Waals surface area contributed by atoms with Gasteiger partial charge in [0.15, 0.2) is 0 Å². The van der Waals surface area contributed by atoms with E-state index >= 15 is 0 Å². The van der Waals surface area contributed by atoms with Crippen LogP contribution in [0.15, 0.2) is 46.2 Å². The molecule has 8 nitrogen and oxygen atoms in total. The second-order valence-electron chi connectivity index (χ2n) is 9.08. The summed E-state index contributed by atoms with van der Waals surface area (Å²) in [6, 6.07) is 7.84. The molecule has 0 bridgehead atoms. The summed E-state index contributed by atoms with van der Waals surface area (Å²) in [5, 5.41) is 0.869. The molecular weight excluding hydrogens is 523 g/mol. The molecule has 0 amide bonds. The SMILES string of the molecule is COc1cccc2c1[C@@H]1CN(CCCCn3c(=O)[nH]c4c(sc5cnccc54)c3=O)C[C@@H]1CO2.Cl.Cl. The van der Waals surface area contributed by atoms with Crippen molar-refractivity contribution < 1.29 is 9.47 Å². The summed E-state index contributed by atoms with van der Waals surface area (Å²) in [5.41, 5.74) is 1.25. The molecule has 0 spiro atoms. The summed E-state index contributed by atoms with van der Waals surface area (Å²) in [4.78, 5) is 35.2. The first-order valence-corrected chi connectivity index (χ1v) is 12.5. The van der Waals surface area contributed by atoms with Gasteiger partial charge in [-0.15, -0.1) is 36.2 Å². The molecule has 1 saturated heterocycles. The molecule has 1 N–H and O–H groups in total. The fourth-order valence-corrected chi connectivity index (χ4v) is 6.53. The van der Waals surface area contributed by atoms with E-state index in [9.17, 15) is 9.59 Å². The van der Waals surface area contributed by atoms with Crippen molar-refractivity contribution in [1.82, 2.24) is 19.4 Å². The van der Waals surface area contributed by atoms with Crippen molar-refractivity contribution in [3.8, 4) is 11.5 Å². The first kappa shape index (κ1) is 26.5. The van der Waals surface area contributed by atoms with Crippen LogP contribution in [-0.2, 0) is 6.54 Å². The number of likely N-dealkylation sites (tertiary alicyclic amines) is 1. The van der Waals surface area contributed by atoms with Crippen molar-refractivity contribution in [3.05, 3.63) is 63.1 Å². The lowest BCUT2D eigenvalue weighted by atomic mass is 9.86. The summed E-state index contributed by atoms with van der Waals surface area (Å²) in [7, 11) is 1.71. The molecule has 1 aromatic carbocycles. The molecule has 2 atom stereocenters. The molecule has 192 valence electrons. The van der Waals surface area contributed by atoms with Crippen molar-refractivity contribution in [1.29, 1.82) is 0 Å². The summed E-state index contributed by atoms with van der Waals surface area (Å²) in [5.74, 6) is 2.71. The number of nitrogens with one attached hydrogen (secondary N) is 1. The minimum Gasteiger partial charge on any atom is -0.496 e. The van der Waals surface area contributed by atoms with Crippen LogP contribution in [0.25, 0.3) is 20.3 Å². The molecule has 2 aliphatic heterocycles. The van der Waals surface area contributed by atoms with Gasteiger partial charge in [0.2, 0.25) is 0 Å². The molecule has 0 aliphatic carbocycles. The topological polar surface area (TPSA) is 89.5 Å². The van der Waals surface area contributed by atoms with Crippen LogP contribution in [0.5, 0.6) is 11.5 Å². The van der Waals surface area contributed by atoms with Crippen LogP contribution in [0, 0.1) is 5.92 Å². The Morgan fingerprint density at radius 3 is 2.83 bits per heavy atom. The second-order valence-corrected chi connectivity index (χ2v) is 10.1. The standard InChI is InChI=1S/C25H26N4O4S.2ClH/c1-32-18-5-4-6-19-21(18)17-13-28(12-15(17)14-33-19)9-2-3-10-29-24(30)23-22(27-25(29)31)16-7-8-26-11-20(16)34-23;;/h4-8,11,15,17H,2-3,9-10,12-14H2,1H3,(H,27,31);2*1H/t15-,17-;;/m1../s1. The van der Waals surface area contributed by atoms with Gasteiger partial charge in [0.05, 0.1) is 23.9 Å². The number of ether oxygens (including phenoxy) is 2. The van der Waals surface area contributed by atoms with Gasteiger partial charge in [-0.25, -0.2) is 4.79 Å². The van der Waals surface area contributed by atoms with Crippen LogP contribution >= 0.6 is 36.2 Å². The van der Waals surface area contributed by atoms with E-state index in [4.69, 9.17) is 9.47 Å². The highest BCUT2D eigenvalue weighted by Crippen LogP contribution is 2.46. The Morgan fingerprint density at radius 2 is 2.00 bits per heavy atom. The smallest absolute Gasteiger partial charge is 0.328 e. The van der Waals surface area contributed by atoms with Gasteiger partial charge in [-0.05, 0) is 37.6 Å². The third kappa shape index (κ3) is 4.49. The number of hydrogen-bond donors (Lipinski definition) is 1. The van der Waals surface area contributed by atoms with Gasteiger partial charge < -0.3 is 19.4 Å². The van der Waals surface area contributed by atoms with Crippen molar-refractivity contribution in [2.45, 2.75) is 25.3 Å². The zero-order chi connectivity index (χ0) is 23.2. The van der Waals surface area contributed by atoms with Crippen LogP contribution < -0.4 is 20.7 Å². The van der Waals surface area contributed by atoms with Crippen LogP contribution in [0.4, 0.5) is 0 Å². The maximum absolute atomic E-state index is 13.0. The summed E-state index contributed by atoms with van der Waals surface area (Å²) in [6.45, 7) is 4.04. The molecule has 36 heavy (non-hydrogen) atoms. The minimum atomic E-state index is -0.345. The number of hydrogen-bond acceptors (Lipinski definition) is 7. The van der Waals surface area contributed by atoms with Gasteiger partial charge in [-0.2, -0.15) is 0 Å². The predicted octanol–water partition coefficient (Wildman–Crippen LogP) is 4.04. The molecule has 0 unspecified atom stereocenters. The number of H-pyrrole nitrogens is 1. The average Bonchev–Trinajstić information content (AvgIpc) is 3.44. The molecule has 6 rings (SSSR count). The van der Waals surface area contributed by atoms with Crippen molar-refractivity contribution in [3.63, 3.8) is 0 Å². The van der Waals surface area contributed by atoms with E-state index in [0.717, 1.165) is 60.7 Å². The fraction of sp³-hybridized carbons (Fsp3) is 0.400. The quantitative estimate of drug-likeness (QED) is 0.364. The van der Waals surface area contributed by atoms with Gasteiger partial charge in [0, 0.05) is 54.8 Å². The predicted molar refractivity (Wildman–Crippen MR) is 147 cm³/mol. The first-order chi connectivity index (χ1) is 16.6. The van der Waals surface area contributed by atoms with Gasteiger partial charge in [0.1, 0.15) is 16.2 Å². The Kier molecular flexibility index (Phi) is 7.94. The Morgan fingerprint density at radius 1 is 1.17 bits per heavy atom. The lowest BCUT2D eigenvalue weighted by Gasteiger charge is -2.29. The molecule has 2 aliphatic rings. The third-order valence-electron chi connectivity index (χ3n) is 7.10. The molecule has 11 heteroatoms. The van der Waals surface area contributed by atoms with E-state index < -0.39 is 0 Å². The summed E-state index contributed by atoms with van der Waals surface area (Å²) in [6.07, 6.45) is 5.09. The number of aromatic nitrogens is 3. The minimum absolute atomic E-state index is 0. The molecule has 4 aromatic rings. The molecule has 0 radical (unpaired) electrons. The van der Waals surface area contributed by atoms with E-state index in [0.29, 0.717) is 28.6 Å². The molecule has 1 fully saturated rings. The molecule has 5 heterocycles. The maximum Gasteiger partial charge on any atom is 0.328 e. The number of unbranched alkanes of at least 4 members (excludes halogenated alkanes) is 1. The van der Waals surface area contributed by atoms with Gasteiger partial charge in [-0.3, -0.25) is 14.3 Å². The maximum atomic E-state index is 13.0. The number of methoxy groups -OCH3 is 1. The molecule has 3 aromatic heterocycles. The summed E-state index contributed by atoms with van der Waals surface area (Å²) >= 11 is 1.38. The van der Waals surface area contributed by atoms with E-state index in [1.54, 1.807) is 19.5 Å². The summed E-state index contributed by atoms with van der Waals surface area (Å²) < 4.78 is 14.4. The van der Waals surface area contributed by atoms with E-state index in [1.165, 1.54) is 21.5 Å². The highest BCUT2D eigenvalue weighted by Gasteiger charge is 2.40. The van der Waals surface area contributed by atoms with Gasteiger partial charge >= 0.3 is 5.69 Å². The molecular formula is C25H28Cl2N4O4S. The Labute approximate surface area is 224 Å². The molecule has 0 saturated carbocycles. The normalized spacial score (nSPS) is 18.7. The van der Waals surface area contributed by atoms with Crippen LogP contribution in [0.3, 0.4) is 0 Å². The Bertz CT molecular complexity index is 1490. The number of fused-ring (bicyclic) bond motifs is 6. The van der Waals surface area contributed by atoms with Crippen LogP contribution in [0.1, 0.15) is 24.3 Å². The average molecular weight is 551 g/mol. The van der Waals surface area contributed by atoms with Crippen molar-refractivity contribution in [2.24, 2.45) is 5.92 Å². The van der Waals surface area contributed by atoms with E-state index in [-0.39, 0.29) is 36.1 Å². The Balaban J connectivity index is 0.00000152. The lowest BCUT2D eigenvalue weighted by Crippen LogP contribution is -2.34. The third-order valence-corrected chi connectivity index (χ3v) is 8.23. The number of rotatable bonds is 6. The van der Waals surface area contributed by atoms with E-state index in [2.05, 4.69) is 14.9 Å². The second kappa shape index (κ2) is 10.8. The first-order valence-electron chi connectivity index (χ1n) is 11.7. The number of pyridine rings is 1. The largest absolute Gasteiger partial charge is 0.496 e. The number of benzene rings is 1. The van der Waals surface area contributed by atoms with Crippen LogP contribution in [0.2, 0.25) is 0 Å². The number of thiophene rings is 1. The lowest BCUT2D eigenvalue weighted by molar-refractivity contribution is 0.209. The number of halogens is 2. The zero-order valence-corrected chi connectivity index (χ0v) is 22.2. The monoisotopic (exact) mass is 550 g/mol. The van der Waals surface area contributed by atoms with Crippen molar-refractivity contribution in [2.75, 3.05) is 33.4 Å². The number of nitrogens with zero attached hydrogens (tertiary/aromatic N) is 3. The van der Waals surface area contributed by atoms with Crippen molar-refractivity contribution >= 4 is 56.5 Å². The zero-order valence-electron chi connectivity index (χ0n) is 19.8. The number of aromatic amines is 1. The van der Waals surface area contributed by atoms with Gasteiger partial charge in [0.25, 0.3) is 5.56 Å². The highest BCUT2D eigenvalue weighted by molar-refractivity contribution is 7.25. The van der Waals surface area contributed by atoms with E-state index in [1.807, 2.05) is 24.3 Å². The highest BCUT2D eigenvalue weighted by atomic mass is 35.5. The fourth-order valence-electron chi connectivity index (χ4n) is 5.45. The van der Waals surface area contributed by atoms with Crippen LogP contribution in [-0.4, -0.2) is 52.8 Å². The van der Waals surface area contributed by atoms with Gasteiger partial charge in [-0.1, -0.05) is 6.07 Å². The Hall–Kier alpha value is -2.59.